The third-order valence-corrected chi connectivity index (χ3v) is 6.80. The Bertz CT molecular complexity index is 1240. The Kier molecular flexibility index (Phi) is 9.14. The van der Waals surface area contributed by atoms with Gasteiger partial charge in [0.15, 0.2) is 6.29 Å². The van der Waals surface area contributed by atoms with Crippen LogP contribution in [0.3, 0.4) is 0 Å². The fourth-order valence-corrected chi connectivity index (χ4v) is 4.61. The number of methoxy groups -OCH3 is 3. The zero-order valence-electron chi connectivity index (χ0n) is 23.8. The average molecular weight is 568 g/mol. The minimum absolute atomic E-state index is 0.0724. The molecule has 1 atom stereocenters. The van der Waals surface area contributed by atoms with E-state index in [0.29, 0.717) is 5.56 Å². The highest BCUT2D eigenvalue weighted by molar-refractivity contribution is 6.04. The zero-order chi connectivity index (χ0) is 30.0. The van der Waals surface area contributed by atoms with E-state index in [0.717, 1.165) is 35.2 Å². The van der Waals surface area contributed by atoms with Crippen molar-refractivity contribution < 1.29 is 47.2 Å². The summed E-state index contributed by atoms with van der Waals surface area (Å²) >= 11 is 0. The number of anilines is 1. The minimum Gasteiger partial charge on any atom is -0.466 e. The third kappa shape index (κ3) is 5.38. The molecule has 2 heterocycles. The number of nitrogens with zero attached hydrogens (tertiary/aromatic N) is 2. The van der Waals surface area contributed by atoms with Gasteiger partial charge in [-0.15, -0.1) is 0 Å². The Morgan fingerprint density at radius 3 is 2.15 bits per heavy atom. The van der Waals surface area contributed by atoms with Crippen LogP contribution in [-0.4, -0.2) is 67.2 Å². The number of carbonyl (C=O) groups excluding carboxylic acids is 2. The molecule has 11 nitrogen and oxygen atoms in total. The lowest BCUT2D eigenvalue weighted by atomic mass is 9.87. The van der Waals surface area contributed by atoms with Crippen molar-refractivity contribution in [1.29, 1.82) is 0 Å². The smallest absolute Gasteiger partial charge is 0.356 e. The van der Waals surface area contributed by atoms with Crippen molar-refractivity contribution in [3.8, 4) is 0 Å². The van der Waals surface area contributed by atoms with E-state index in [9.17, 15) is 14.7 Å². The van der Waals surface area contributed by atoms with Gasteiger partial charge in [-0.25, -0.2) is 19.6 Å². The first-order chi connectivity index (χ1) is 18.7. The number of rotatable bonds is 10. The molecule has 0 amide bonds. The SMILES string of the molecule is COC(=O)C(OC)(C(=O)OC)c1nc(C)nc(N[C@H](C)c2cccc(C(F)(F)C(C)(C)O)c2C)c1C1OCCO1. The molecule has 0 saturated carbocycles. The Hall–Kier alpha value is -3.26. The predicted octanol–water partition coefficient (Wildman–Crippen LogP) is 3.36. The Morgan fingerprint density at radius 1 is 1.07 bits per heavy atom. The molecule has 0 bridgehead atoms. The van der Waals surface area contributed by atoms with Gasteiger partial charge in [-0.05, 0) is 45.7 Å². The number of aryl methyl sites for hydroxylation is 1. The lowest BCUT2D eigenvalue weighted by molar-refractivity contribution is -0.187. The molecular formula is C27H35F2N3O8. The van der Waals surface area contributed by atoms with E-state index in [2.05, 4.69) is 15.3 Å². The van der Waals surface area contributed by atoms with Crippen LogP contribution in [0.5, 0.6) is 0 Å². The summed E-state index contributed by atoms with van der Waals surface area (Å²) in [4.78, 5) is 34.9. The molecule has 1 fully saturated rings. The number of esters is 2. The molecule has 1 saturated heterocycles. The summed E-state index contributed by atoms with van der Waals surface area (Å²) < 4.78 is 56.9. The molecule has 0 unspecified atom stereocenters. The van der Waals surface area contributed by atoms with Gasteiger partial charge < -0.3 is 34.1 Å². The third-order valence-electron chi connectivity index (χ3n) is 6.80. The Balaban J connectivity index is 2.22. The molecule has 3 rings (SSSR count). The van der Waals surface area contributed by atoms with E-state index in [1.54, 1.807) is 13.0 Å². The molecule has 1 aromatic carbocycles. The predicted molar refractivity (Wildman–Crippen MR) is 138 cm³/mol. The fraction of sp³-hybridized carbons (Fsp3) is 0.556. The minimum atomic E-state index is -3.54. The van der Waals surface area contributed by atoms with Gasteiger partial charge in [0.05, 0.1) is 39.0 Å². The van der Waals surface area contributed by atoms with Crippen molar-refractivity contribution in [3.05, 3.63) is 52.0 Å². The Labute approximate surface area is 231 Å². The average Bonchev–Trinajstić information content (AvgIpc) is 3.42. The van der Waals surface area contributed by atoms with Crippen molar-refractivity contribution in [2.75, 3.05) is 39.9 Å². The van der Waals surface area contributed by atoms with Crippen LogP contribution in [0.4, 0.5) is 14.6 Å². The number of hydrogen-bond donors (Lipinski definition) is 2. The maximum atomic E-state index is 15.1. The second kappa shape index (κ2) is 11.7. The number of alkyl halides is 2. The van der Waals surface area contributed by atoms with E-state index in [1.165, 1.54) is 26.0 Å². The van der Waals surface area contributed by atoms with Gasteiger partial charge in [0, 0.05) is 12.7 Å². The standard InChI is InChI=1S/C27H35F2N3O8/c1-14-17(10-9-11-18(14)27(28,29)25(4,5)35)15(2)30-21-19(22-39-12-13-40-22)20(31-16(3)32-21)26(38-8,23(33)36-6)24(34)37-7/h9-11,15,22,35H,12-13H2,1-8H3,(H,30,31,32)/t15-/m1/s1. The highest BCUT2D eigenvalue weighted by Crippen LogP contribution is 2.43. The molecule has 1 aliphatic heterocycles. The second-order valence-corrected chi connectivity index (χ2v) is 9.84. The normalized spacial score (nSPS) is 15.6. The number of benzene rings is 1. The summed E-state index contributed by atoms with van der Waals surface area (Å²) in [7, 11) is 3.28. The van der Waals surface area contributed by atoms with Crippen molar-refractivity contribution in [1.82, 2.24) is 9.97 Å². The van der Waals surface area contributed by atoms with E-state index >= 15 is 8.78 Å². The monoisotopic (exact) mass is 567 g/mol. The number of hydrogen-bond acceptors (Lipinski definition) is 11. The molecule has 0 spiro atoms. The lowest BCUT2D eigenvalue weighted by Gasteiger charge is -2.32. The summed E-state index contributed by atoms with van der Waals surface area (Å²) in [6, 6.07) is 3.76. The number of halogens is 2. The van der Waals surface area contributed by atoms with Gasteiger partial charge in [-0.1, -0.05) is 18.2 Å². The van der Waals surface area contributed by atoms with Crippen LogP contribution in [0.2, 0.25) is 0 Å². The number of aromatic nitrogens is 2. The lowest BCUT2D eigenvalue weighted by Crippen LogP contribution is -2.49. The van der Waals surface area contributed by atoms with Gasteiger partial charge in [0.25, 0.3) is 0 Å². The van der Waals surface area contributed by atoms with E-state index < -0.39 is 41.4 Å². The van der Waals surface area contributed by atoms with Crippen molar-refractivity contribution in [3.63, 3.8) is 0 Å². The highest BCUT2D eigenvalue weighted by atomic mass is 19.3. The van der Waals surface area contributed by atoms with Gasteiger partial charge in [0.2, 0.25) is 0 Å². The topological polar surface area (TPSA) is 138 Å². The quantitative estimate of drug-likeness (QED) is 0.323. The van der Waals surface area contributed by atoms with Gasteiger partial charge in [0.1, 0.15) is 22.9 Å². The van der Waals surface area contributed by atoms with E-state index in [1.807, 2.05) is 0 Å². The molecule has 220 valence electrons. The molecule has 2 aromatic rings. The Morgan fingerprint density at radius 2 is 1.65 bits per heavy atom. The molecule has 0 radical (unpaired) electrons. The molecule has 1 aliphatic rings. The first kappa shape index (κ1) is 31.3. The maximum Gasteiger partial charge on any atom is 0.356 e. The molecule has 1 aromatic heterocycles. The zero-order valence-corrected chi connectivity index (χ0v) is 23.8. The summed E-state index contributed by atoms with van der Waals surface area (Å²) in [5.41, 5.74) is -4.50. The van der Waals surface area contributed by atoms with Crippen molar-refractivity contribution >= 4 is 17.8 Å². The van der Waals surface area contributed by atoms with Crippen LogP contribution in [0.25, 0.3) is 0 Å². The summed E-state index contributed by atoms with van der Waals surface area (Å²) in [5.74, 6) is -5.50. The molecule has 2 N–H and O–H groups in total. The van der Waals surface area contributed by atoms with Crippen molar-refractivity contribution in [2.24, 2.45) is 0 Å². The molecule has 40 heavy (non-hydrogen) atoms. The van der Waals surface area contributed by atoms with Gasteiger partial charge in [-0.2, -0.15) is 8.78 Å². The van der Waals surface area contributed by atoms with Crippen LogP contribution in [-0.2, 0) is 44.8 Å². The molecule has 0 aliphatic carbocycles. The van der Waals surface area contributed by atoms with Crippen LogP contribution < -0.4 is 5.32 Å². The largest absolute Gasteiger partial charge is 0.466 e. The maximum absolute atomic E-state index is 15.1. The number of ether oxygens (including phenoxy) is 5. The fourth-order valence-electron chi connectivity index (χ4n) is 4.61. The number of nitrogens with one attached hydrogen (secondary N) is 1. The number of aliphatic hydroxyl groups is 1. The van der Waals surface area contributed by atoms with Crippen LogP contribution in [0, 0.1) is 13.8 Å². The second-order valence-electron chi connectivity index (χ2n) is 9.84. The van der Waals surface area contributed by atoms with E-state index in [-0.39, 0.29) is 47.2 Å². The molecule has 13 heteroatoms. The summed E-state index contributed by atoms with van der Waals surface area (Å²) in [5, 5.41) is 13.3. The van der Waals surface area contributed by atoms with Crippen LogP contribution in [0.15, 0.2) is 18.2 Å². The van der Waals surface area contributed by atoms with Gasteiger partial charge >= 0.3 is 23.5 Å². The molecular weight excluding hydrogens is 532 g/mol. The van der Waals surface area contributed by atoms with Gasteiger partial charge in [-0.3, -0.25) is 0 Å². The van der Waals surface area contributed by atoms with Crippen LogP contribution in [0.1, 0.15) is 66.9 Å². The summed E-state index contributed by atoms with van der Waals surface area (Å²) in [6.07, 6.45) is -1.11. The van der Waals surface area contributed by atoms with Crippen molar-refractivity contribution in [2.45, 2.75) is 64.1 Å². The van der Waals surface area contributed by atoms with Crippen LogP contribution >= 0.6 is 0 Å². The first-order valence-corrected chi connectivity index (χ1v) is 12.5. The van der Waals surface area contributed by atoms with E-state index in [4.69, 9.17) is 23.7 Å². The summed E-state index contributed by atoms with van der Waals surface area (Å²) in [6.45, 7) is 7.29. The highest BCUT2D eigenvalue weighted by Gasteiger charge is 2.56. The number of carbonyl (C=O) groups is 2. The first-order valence-electron chi connectivity index (χ1n) is 12.5.